The third kappa shape index (κ3) is 3.68. The number of nitrogens with zero attached hydrogens (tertiary/aromatic N) is 1. The molecule has 0 unspecified atom stereocenters. The first-order chi connectivity index (χ1) is 9.99. The van der Waals surface area contributed by atoms with Crippen molar-refractivity contribution < 1.29 is 14.4 Å². The van der Waals surface area contributed by atoms with Crippen molar-refractivity contribution in [2.75, 3.05) is 11.9 Å². The Labute approximate surface area is 124 Å². The Bertz CT molecular complexity index is 550. The lowest BCUT2D eigenvalue weighted by molar-refractivity contribution is -0.138. The highest BCUT2D eigenvalue weighted by Gasteiger charge is 2.28. The number of anilines is 1. The van der Waals surface area contributed by atoms with Crippen LogP contribution in [0.2, 0.25) is 0 Å². The Balaban J connectivity index is 1.93. The van der Waals surface area contributed by atoms with Crippen LogP contribution in [0.3, 0.4) is 0 Å². The zero-order valence-electron chi connectivity index (χ0n) is 12.4. The number of carbonyl (C=O) groups is 3. The quantitative estimate of drug-likeness (QED) is 0.845. The van der Waals surface area contributed by atoms with E-state index in [2.05, 4.69) is 19.2 Å². The Morgan fingerprint density at radius 1 is 1.19 bits per heavy atom. The van der Waals surface area contributed by atoms with Gasteiger partial charge in [0.1, 0.15) is 0 Å². The molecule has 2 rings (SSSR count). The summed E-state index contributed by atoms with van der Waals surface area (Å²) in [6.45, 7) is 4.28. The van der Waals surface area contributed by atoms with Gasteiger partial charge in [-0.25, -0.2) is 0 Å². The van der Waals surface area contributed by atoms with E-state index in [1.165, 1.54) is 4.90 Å². The van der Waals surface area contributed by atoms with E-state index in [9.17, 15) is 14.4 Å². The van der Waals surface area contributed by atoms with E-state index in [1.54, 1.807) is 0 Å². The van der Waals surface area contributed by atoms with Crippen molar-refractivity contribution in [1.82, 2.24) is 4.90 Å². The Hall–Kier alpha value is -2.17. The molecule has 0 atom stereocenters. The molecule has 0 bridgehead atoms. The lowest BCUT2D eigenvalue weighted by atomic mass is 10.0. The van der Waals surface area contributed by atoms with Crippen LogP contribution in [-0.4, -0.2) is 29.2 Å². The summed E-state index contributed by atoms with van der Waals surface area (Å²) >= 11 is 0. The fourth-order valence-electron chi connectivity index (χ4n) is 2.41. The molecule has 3 amide bonds. The smallest absolute Gasteiger partial charge is 0.229 e. The first-order valence-corrected chi connectivity index (χ1v) is 7.21. The highest BCUT2D eigenvalue weighted by molar-refractivity contribution is 6.02. The molecule has 0 spiro atoms. The summed E-state index contributed by atoms with van der Waals surface area (Å²) in [5.41, 5.74) is 1.86. The van der Waals surface area contributed by atoms with Crippen molar-refractivity contribution in [3.8, 4) is 0 Å². The molecule has 1 aromatic carbocycles. The zero-order valence-corrected chi connectivity index (χ0v) is 12.4. The zero-order chi connectivity index (χ0) is 15.4. The van der Waals surface area contributed by atoms with E-state index in [-0.39, 0.29) is 43.5 Å². The minimum Gasteiger partial charge on any atom is -0.326 e. The molecule has 1 aliphatic rings. The van der Waals surface area contributed by atoms with Crippen LogP contribution in [0.15, 0.2) is 24.3 Å². The van der Waals surface area contributed by atoms with Crippen molar-refractivity contribution in [3.63, 3.8) is 0 Å². The SMILES string of the molecule is CC(C)c1ccccc1NC(=O)CCN1C(=O)CCC1=O. The van der Waals surface area contributed by atoms with Gasteiger partial charge in [0.05, 0.1) is 0 Å². The molecule has 0 radical (unpaired) electrons. The molecule has 1 N–H and O–H groups in total. The molecule has 1 aromatic rings. The first-order valence-electron chi connectivity index (χ1n) is 7.21. The molecule has 1 heterocycles. The summed E-state index contributed by atoms with van der Waals surface area (Å²) in [5.74, 6) is -0.246. The average molecular weight is 288 g/mol. The van der Waals surface area contributed by atoms with Crippen LogP contribution in [0.1, 0.15) is 44.6 Å². The standard InChI is InChI=1S/C16H20N2O3/c1-11(2)12-5-3-4-6-13(12)17-14(19)9-10-18-15(20)7-8-16(18)21/h3-6,11H,7-10H2,1-2H3,(H,17,19). The van der Waals surface area contributed by atoms with Gasteiger partial charge in [-0.3, -0.25) is 19.3 Å². The molecular weight excluding hydrogens is 268 g/mol. The third-order valence-electron chi connectivity index (χ3n) is 3.57. The van der Waals surface area contributed by atoms with Gasteiger partial charge in [-0.05, 0) is 17.5 Å². The van der Waals surface area contributed by atoms with Gasteiger partial charge in [-0.2, -0.15) is 0 Å². The van der Waals surface area contributed by atoms with Crippen LogP contribution in [0.5, 0.6) is 0 Å². The van der Waals surface area contributed by atoms with Gasteiger partial charge in [0.15, 0.2) is 0 Å². The molecule has 1 fully saturated rings. The van der Waals surface area contributed by atoms with E-state index >= 15 is 0 Å². The number of hydrogen-bond acceptors (Lipinski definition) is 3. The fourth-order valence-corrected chi connectivity index (χ4v) is 2.41. The van der Waals surface area contributed by atoms with Gasteiger partial charge in [-0.1, -0.05) is 32.0 Å². The topological polar surface area (TPSA) is 66.5 Å². The van der Waals surface area contributed by atoms with Crippen molar-refractivity contribution in [3.05, 3.63) is 29.8 Å². The molecule has 0 saturated carbocycles. The summed E-state index contributed by atoms with van der Waals surface area (Å²) < 4.78 is 0. The summed E-state index contributed by atoms with van der Waals surface area (Å²) in [6, 6.07) is 7.65. The van der Waals surface area contributed by atoms with Gasteiger partial charge in [0.25, 0.3) is 0 Å². The Morgan fingerprint density at radius 3 is 2.43 bits per heavy atom. The number of nitrogens with one attached hydrogen (secondary N) is 1. The third-order valence-corrected chi connectivity index (χ3v) is 3.57. The maximum Gasteiger partial charge on any atom is 0.229 e. The maximum atomic E-state index is 12.0. The normalized spacial score (nSPS) is 14.9. The number of rotatable bonds is 5. The Kier molecular flexibility index (Phi) is 4.73. The van der Waals surface area contributed by atoms with Crippen LogP contribution >= 0.6 is 0 Å². The molecular formula is C16H20N2O3. The molecule has 1 aliphatic heterocycles. The van der Waals surface area contributed by atoms with Crippen LogP contribution in [-0.2, 0) is 14.4 Å². The molecule has 21 heavy (non-hydrogen) atoms. The van der Waals surface area contributed by atoms with Crippen LogP contribution in [0.4, 0.5) is 5.69 Å². The predicted molar refractivity (Wildman–Crippen MR) is 79.7 cm³/mol. The molecule has 112 valence electrons. The lowest BCUT2D eigenvalue weighted by Gasteiger charge is -2.15. The summed E-state index contributed by atoms with van der Waals surface area (Å²) in [4.78, 5) is 36.1. The number of amides is 3. The van der Waals surface area contributed by atoms with Crippen LogP contribution in [0.25, 0.3) is 0 Å². The summed E-state index contributed by atoms with van der Waals surface area (Å²) in [6.07, 6.45) is 0.650. The van der Waals surface area contributed by atoms with E-state index in [4.69, 9.17) is 0 Å². The molecule has 0 aliphatic carbocycles. The molecule has 1 saturated heterocycles. The minimum absolute atomic E-state index is 0.129. The van der Waals surface area contributed by atoms with Gasteiger partial charge in [0.2, 0.25) is 17.7 Å². The second-order valence-corrected chi connectivity index (χ2v) is 5.48. The van der Waals surface area contributed by atoms with E-state index in [0.29, 0.717) is 5.92 Å². The fraction of sp³-hybridized carbons (Fsp3) is 0.438. The number of imide groups is 1. The number of benzene rings is 1. The molecule has 5 nitrogen and oxygen atoms in total. The van der Waals surface area contributed by atoms with Crippen molar-refractivity contribution in [2.24, 2.45) is 0 Å². The highest BCUT2D eigenvalue weighted by atomic mass is 16.2. The van der Waals surface area contributed by atoms with Crippen molar-refractivity contribution >= 4 is 23.4 Å². The predicted octanol–water partition coefficient (Wildman–Crippen LogP) is 2.29. The first kappa shape index (κ1) is 15.2. The second-order valence-electron chi connectivity index (χ2n) is 5.48. The van der Waals surface area contributed by atoms with Gasteiger partial charge >= 0.3 is 0 Å². The molecule has 0 aromatic heterocycles. The van der Waals surface area contributed by atoms with Gasteiger partial charge in [0, 0.05) is 31.5 Å². The average Bonchev–Trinajstić information content (AvgIpc) is 2.76. The number of likely N-dealkylation sites (tertiary alicyclic amines) is 1. The van der Waals surface area contributed by atoms with Crippen molar-refractivity contribution in [1.29, 1.82) is 0 Å². The lowest BCUT2D eigenvalue weighted by Crippen LogP contribution is -2.32. The number of hydrogen-bond donors (Lipinski definition) is 1. The van der Waals surface area contributed by atoms with Crippen LogP contribution in [0, 0.1) is 0 Å². The highest BCUT2D eigenvalue weighted by Crippen LogP contribution is 2.23. The summed E-state index contributed by atoms with van der Waals surface area (Å²) in [7, 11) is 0. The maximum absolute atomic E-state index is 12.0. The van der Waals surface area contributed by atoms with Gasteiger partial charge < -0.3 is 5.32 Å². The largest absolute Gasteiger partial charge is 0.326 e. The van der Waals surface area contributed by atoms with Crippen LogP contribution < -0.4 is 5.32 Å². The van der Waals surface area contributed by atoms with E-state index in [0.717, 1.165) is 11.3 Å². The van der Waals surface area contributed by atoms with Crippen molar-refractivity contribution in [2.45, 2.75) is 39.0 Å². The second kappa shape index (κ2) is 6.52. The summed E-state index contributed by atoms with van der Waals surface area (Å²) in [5, 5.41) is 2.86. The van der Waals surface area contributed by atoms with E-state index in [1.807, 2.05) is 24.3 Å². The Morgan fingerprint density at radius 2 is 1.81 bits per heavy atom. The minimum atomic E-state index is -0.185. The molecule has 5 heteroatoms. The van der Waals surface area contributed by atoms with E-state index < -0.39 is 0 Å². The van der Waals surface area contributed by atoms with Gasteiger partial charge in [-0.15, -0.1) is 0 Å². The number of carbonyl (C=O) groups excluding carboxylic acids is 3. The monoisotopic (exact) mass is 288 g/mol. The number of para-hydroxylation sites is 1.